The van der Waals surface area contributed by atoms with Crippen molar-refractivity contribution in [2.75, 3.05) is 0 Å². The van der Waals surface area contributed by atoms with E-state index in [2.05, 4.69) is 61.5 Å². The van der Waals surface area contributed by atoms with Crippen LogP contribution in [-0.4, -0.2) is 9.55 Å². The first kappa shape index (κ1) is 14.1. The highest BCUT2D eigenvalue weighted by atomic mass is 32.1. The first-order valence-electron chi connectivity index (χ1n) is 6.73. The highest BCUT2D eigenvalue weighted by molar-refractivity contribution is 7.71. The third kappa shape index (κ3) is 3.16. The quantitative estimate of drug-likeness (QED) is 0.790. The Balaban J connectivity index is 2.37. The molecule has 1 N–H and O–H groups in total. The lowest BCUT2D eigenvalue weighted by Crippen LogP contribution is -2.22. The topological polar surface area (TPSA) is 20.7 Å². The van der Waals surface area contributed by atoms with Crippen LogP contribution in [0.4, 0.5) is 0 Å². The van der Waals surface area contributed by atoms with Gasteiger partial charge >= 0.3 is 0 Å². The molecule has 1 heterocycles. The lowest BCUT2D eigenvalue weighted by molar-refractivity contribution is 0.233. The number of benzene rings is 1. The predicted molar refractivity (Wildman–Crippen MR) is 83.7 cm³/mol. The lowest BCUT2D eigenvalue weighted by atomic mass is 9.82. The minimum absolute atomic E-state index is 0.278. The molecule has 1 atom stereocenters. The van der Waals surface area contributed by atoms with E-state index in [-0.39, 0.29) is 5.41 Å². The molecule has 0 amide bonds. The summed E-state index contributed by atoms with van der Waals surface area (Å²) in [5, 5.41) is 0. The average molecular weight is 274 g/mol. The van der Waals surface area contributed by atoms with Crippen LogP contribution in [0.3, 0.4) is 0 Å². The van der Waals surface area contributed by atoms with E-state index in [1.165, 1.54) is 11.3 Å². The standard InChI is InChI=1S/C16H22N2S/c1-12(16(2,3)4)11-18-14(10-17-15(18)19)13-8-6-5-7-9-13/h5-10,12H,11H2,1-4H3,(H,17,19). The fourth-order valence-corrected chi connectivity index (χ4v) is 2.20. The van der Waals surface area contributed by atoms with Gasteiger partial charge < -0.3 is 9.55 Å². The van der Waals surface area contributed by atoms with E-state index in [0.717, 1.165) is 11.3 Å². The molecule has 19 heavy (non-hydrogen) atoms. The number of nitrogens with one attached hydrogen (secondary N) is 1. The Morgan fingerprint density at radius 1 is 1.21 bits per heavy atom. The number of hydrogen-bond donors (Lipinski definition) is 1. The van der Waals surface area contributed by atoms with E-state index < -0.39 is 0 Å². The van der Waals surface area contributed by atoms with E-state index in [1.54, 1.807) is 0 Å². The van der Waals surface area contributed by atoms with Crippen molar-refractivity contribution < 1.29 is 0 Å². The van der Waals surface area contributed by atoms with Crippen molar-refractivity contribution in [3.8, 4) is 11.3 Å². The van der Waals surface area contributed by atoms with Crippen LogP contribution in [0.2, 0.25) is 0 Å². The van der Waals surface area contributed by atoms with Crippen LogP contribution in [0.25, 0.3) is 11.3 Å². The molecule has 0 radical (unpaired) electrons. The minimum Gasteiger partial charge on any atom is -0.337 e. The summed E-state index contributed by atoms with van der Waals surface area (Å²) in [4.78, 5) is 3.17. The summed E-state index contributed by atoms with van der Waals surface area (Å²) >= 11 is 5.42. The van der Waals surface area contributed by atoms with Crippen molar-refractivity contribution in [2.45, 2.75) is 34.2 Å². The number of H-pyrrole nitrogens is 1. The zero-order valence-corrected chi connectivity index (χ0v) is 12.9. The smallest absolute Gasteiger partial charge is 0.177 e. The molecule has 1 unspecified atom stereocenters. The van der Waals surface area contributed by atoms with Crippen molar-refractivity contribution >= 4 is 12.2 Å². The molecule has 0 aliphatic rings. The first-order valence-corrected chi connectivity index (χ1v) is 7.14. The summed E-state index contributed by atoms with van der Waals surface area (Å²) in [6.45, 7) is 10.0. The highest BCUT2D eigenvalue weighted by Crippen LogP contribution is 2.29. The van der Waals surface area contributed by atoms with Crippen LogP contribution in [0.15, 0.2) is 36.5 Å². The number of aromatic nitrogens is 2. The third-order valence-electron chi connectivity index (χ3n) is 3.87. The molecular weight excluding hydrogens is 252 g/mol. The molecule has 2 rings (SSSR count). The number of hydrogen-bond acceptors (Lipinski definition) is 1. The maximum absolute atomic E-state index is 5.42. The molecule has 1 aromatic heterocycles. The summed E-state index contributed by atoms with van der Waals surface area (Å²) < 4.78 is 3.01. The Morgan fingerprint density at radius 3 is 2.42 bits per heavy atom. The molecule has 0 aliphatic heterocycles. The van der Waals surface area contributed by atoms with Crippen LogP contribution in [0.1, 0.15) is 27.7 Å². The molecule has 0 fully saturated rings. The predicted octanol–water partition coefficient (Wildman–Crippen LogP) is 4.89. The second-order valence-corrected chi connectivity index (χ2v) is 6.61. The SMILES string of the molecule is CC(Cn1c(-c2ccccc2)c[nH]c1=S)C(C)(C)C. The van der Waals surface area contributed by atoms with E-state index in [4.69, 9.17) is 12.2 Å². The molecule has 1 aromatic carbocycles. The number of rotatable bonds is 3. The van der Waals surface area contributed by atoms with E-state index in [1.807, 2.05) is 12.3 Å². The molecule has 2 aromatic rings. The van der Waals surface area contributed by atoms with Crippen LogP contribution >= 0.6 is 12.2 Å². The summed E-state index contributed by atoms with van der Waals surface area (Å²) in [6, 6.07) is 10.4. The van der Waals surface area contributed by atoms with Gasteiger partial charge in [-0.2, -0.15) is 0 Å². The van der Waals surface area contributed by atoms with Gasteiger partial charge in [0.1, 0.15) is 0 Å². The molecule has 0 bridgehead atoms. The largest absolute Gasteiger partial charge is 0.337 e. The maximum Gasteiger partial charge on any atom is 0.177 e. The number of aromatic amines is 1. The summed E-state index contributed by atoms with van der Waals surface area (Å²) in [5.41, 5.74) is 2.65. The summed E-state index contributed by atoms with van der Waals surface area (Å²) in [5.74, 6) is 0.553. The fourth-order valence-electron chi connectivity index (χ4n) is 1.97. The fraction of sp³-hybridized carbons (Fsp3) is 0.438. The van der Waals surface area contributed by atoms with Gasteiger partial charge in [-0.1, -0.05) is 58.0 Å². The maximum atomic E-state index is 5.42. The molecule has 0 aliphatic carbocycles. The van der Waals surface area contributed by atoms with Gasteiger partial charge in [0, 0.05) is 12.7 Å². The Labute approximate surface area is 120 Å². The van der Waals surface area contributed by atoms with Gasteiger partial charge in [0.2, 0.25) is 0 Å². The monoisotopic (exact) mass is 274 g/mol. The molecule has 0 saturated heterocycles. The van der Waals surface area contributed by atoms with Crippen LogP contribution in [-0.2, 0) is 6.54 Å². The number of nitrogens with zero attached hydrogens (tertiary/aromatic N) is 1. The van der Waals surface area contributed by atoms with Crippen molar-refractivity contribution in [3.63, 3.8) is 0 Å². The Kier molecular flexibility index (Phi) is 3.95. The van der Waals surface area contributed by atoms with Crippen molar-refractivity contribution in [1.29, 1.82) is 0 Å². The Morgan fingerprint density at radius 2 is 1.84 bits per heavy atom. The molecule has 0 spiro atoms. The molecule has 102 valence electrons. The Hall–Kier alpha value is -1.35. The zero-order chi connectivity index (χ0) is 14.0. The normalized spacial score (nSPS) is 13.5. The van der Waals surface area contributed by atoms with Crippen molar-refractivity contribution in [1.82, 2.24) is 9.55 Å². The summed E-state index contributed by atoms with van der Waals surface area (Å²) in [6.07, 6.45) is 2.01. The van der Waals surface area contributed by atoms with Gasteiger partial charge in [-0.25, -0.2) is 0 Å². The van der Waals surface area contributed by atoms with Crippen molar-refractivity contribution in [3.05, 3.63) is 41.3 Å². The lowest BCUT2D eigenvalue weighted by Gasteiger charge is -2.28. The Bertz CT molecular complexity index is 587. The minimum atomic E-state index is 0.278. The molecule has 0 saturated carbocycles. The van der Waals surface area contributed by atoms with Gasteiger partial charge in [0.05, 0.1) is 5.69 Å². The van der Waals surface area contributed by atoms with Gasteiger partial charge in [0.25, 0.3) is 0 Å². The first-order chi connectivity index (χ1) is 8.89. The van der Waals surface area contributed by atoms with Crippen molar-refractivity contribution in [2.24, 2.45) is 11.3 Å². The van der Waals surface area contributed by atoms with Gasteiger partial charge in [-0.05, 0) is 29.1 Å². The second-order valence-electron chi connectivity index (χ2n) is 6.22. The zero-order valence-electron chi connectivity index (χ0n) is 12.1. The highest BCUT2D eigenvalue weighted by Gasteiger charge is 2.21. The van der Waals surface area contributed by atoms with Gasteiger partial charge in [0.15, 0.2) is 4.77 Å². The van der Waals surface area contributed by atoms with Crippen LogP contribution in [0.5, 0.6) is 0 Å². The molecule has 3 heteroatoms. The van der Waals surface area contributed by atoms with Crippen LogP contribution in [0, 0.1) is 16.1 Å². The average Bonchev–Trinajstić information content (AvgIpc) is 2.71. The van der Waals surface area contributed by atoms with Gasteiger partial charge in [-0.3, -0.25) is 0 Å². The van der Waals surface area contributed by atoms with E-state index >= 15 is 0 Å². The van der Waals surface area contributed by atoms with Crippen LogP contribution < -0.4 is 0 Å². The second kappa shape index (κ2) is 5.33. The summed E-state index contributed by atoms with van der Waals surface area (Å²) in [7, 11) is 0. The third-order valence-corrected chi connectivity index (χ3v) is 4.21. The molecule has 2 nitrogen and oxygen atoms in total. The van der Waals surface area contributed by atoms with Gasteiger partial charge in [-0.15, -0.1) is 0 Å². The van der Waals surface area contributed by atoms with E-state index in [9.17, 15) is 0 Å². The molecular formula is C16H22N2S. The number of imidazole rings is 1. The van der Waals surface area contributed by atoms with E-state index in [0.29, 0.717) is 5.92 Å².